The molecule has 1 aliphatic rings. The molecule has 0 nitrogen and oxygen atoms in total. The zero-order chi connectivity index (χ0) is 13.5. The second-order valence-electron chi connectivity index (χ2n) is 5.54. The Morgan fingerprint density at radius 3 is 1.58 bits per heavy atom. The van der Waals surface area contributed by atoms with E-state index < -0.39 is 0 Å². The van der Waals surface area contributed by atoms with Crippen molar-refractivity contribution >= 4 is 0 Å². The fourth-order valence-electron chi connectivity index (χ4n) is 2.51. The van der Waals surface area contributed by atoms with Crippen LogP contribution in [0.4, 0.5) is 0 Å². The zero-order valence-corrected chi connectivity index (χ0v) is 12.1. The molecule has 0 aliphatic heterocycles. The molecule has 0 atom stereocenters. The van der Waals surface area contributed by atoms with Crippen LogP contribution in [0, 0.1) is 0 Å². The summed E-state index contributed by atoms with van der Waals surface area (Å²) in [5, 5.41) is 0. The topological polar surface area (TPSA) is 0 Å². The Morgan fingerprint density at radius 1 is 0.684 bits per heavy atom. The highest BCUT2D eigenvalue weighted by Crippen LogP contribution is 2.19. The molecule has 0 radical (unpaired) electrons. The number of aryl methyl sites for hydroxylation is 2. The Bertz CT molecular complexity index is 457. The molecular formula is C19H24. The Kier molecular flexibility index (Phi) is 5.20. The minimum absolute atomic E-state index is 0.659. The van der Waals surface area contributed by atoms with Crippen molar-refractivity contribution in [2.45, 2.75) is 45.4 Å². The van der Waals surface area contributed by atoms with Gasteiger partial charge in [-0.2, -0.15) is 0 Å². The SMILES string of the molecule is CC(C)c1ccccc1.c1ccc2c(c1)CCCC2. The summed E-state index contributed by atoms with van der Waals surface area (Å²) in [4.78, 5) is 0. The van der Waals surface area contributed by atoms with E-state index in [2.05, 4.69) is 62.4 Å². The summed E-state index contributed by atoms with van der Waals surface area (Å²) in [7, 11) is 0. The van der Waals surface area contributed by atoms with Crippen LogP contribution in [0.15, 0.2) is 54.6 Å². The summed E-state index contributed by atoms with van der Waals surface area (Å²) in [6, 6.07) is 19.3. The summed E-state index contributed by atoms with van der Waals surface area (Å²) in [6.07, 6.45) is 5.38. The lowest BCUT2D eigenvalue weighted by Gasteiger charge is -2.13. The fourth-order valence-corrected chi connectivity index (χ4v) is 2.51. The molecule has 0 saturated heterocycles. The molecule has 0 fully saturated rings. The van der Waals surface area contributed by atoms with Gasteiger partial charge in [0.1, 0.15) is 0 Å². The molecule has 1 aliphatic carbocycles. The molecule has 0 N–H and O–H groups in total. The average molecular weight is 252 g/mol. The molecule has 19 heavy (non-hydrogen) atoms. The van der Waals surface area contributed by atoms with E-state index in [0.717, 1.165) is 0 Å². The van der Waals surface area contributed by atoms with Gasteiger partial charge in [-0.25, -0.2) is 0 Å². The first-order valence-corrected chi connectivity index (χ1v) is 7.39. The van der Waals surface area contributed by atoms with Crippen LogP contribution in [-0.4, -0.2) is 0 Å². The van der Waals surface area contributed by atoms with Crippen LogP contribution in [0.2, 0.25) is 0 Å². The molecule has 0 amide bonds. The lowest BCUT2D eigenvalue weighted by atomic mass is 9.92. The molecule has 0 spiro atoms. The van der Waals surface area contributed by atoms with Crippen molar-refractivity contribution in [1.29, 1.82) is 0 Å². The minimum Gasteiger partial charge on any atom is -0.0622 e. The third kappa shape index (κ3) is 4.24. The standard InChI is InChI=1S/C10H12.C9H12/c1-2-6-10-8-4-3-7-9(10)5-1;1-8(2)9-6-4-3-5-7-9/h1-2,5-6H,3-4,7-8H2;3-8H,1-2H3. The fraction of sp³-hybridized carbons (Fsp3) is 0.368. The highest BCUT2D eigenvalue weighted by molar-refractivity contribution is 5.28. The first-order valence-electron chi connectivity index (χ1n) is 7.39. The van der Waals surface area contributed by atoms with Gasteiger partial charge in [-0.15, -0.1) is 0 Å². The zero-order valence-electron chi connectivity index (χ0n) is 12.1. The molecule has 3 rings (SSSR count). The van der Waals surface area contributed by atoms with Gasteiger partial charge in [0.2, 0.25) is 0 Å². The molecule has 0 heteroatoms. The summed E-state index contributed by atoms with van der Waals surface area (Å²) < 4.78 is 0. The first kappa shape index (κ1) is 13.9. The maximum Gasteiger partial charge on any atom is -0.0219 e. The number of fused-ring (bicyclic) bond motifs is 1. The van der Waals surface area contributed by atoms with Gasteiger partial charge in [-0.3, -0.25) is 0 Å². The molecule has 0 heterocycles. The van der Waals surface area contributed by atoms with E-state index in [-0.39, 0.29) is 0 Å². The molecule has 2 aromatic carbocycles. The van der Waals surface area contributed by atoms with Crippen LogP contribution >= 0.6 is 0 Å². The Labute approximate surface area is 117 Å². The van der Waals surface area contributed by atoms with Crippen molar-refractivity contribution in [1.82, 2.24) is 0 Å². The van der Waals surface area contributed by atoms with Crippen molar-refractivity contribution < 1.29 is 0 Å². The lowest BCUT2D eigenvalue weighted by molar-refractivity contribution is 0.685. The van der Waals surface area contributed by atoms with Gasteiger partial charge in [0.05, 0.1) is 0 Å². The van der Waals surface area contributed by atoms with Crippen LogP contribution < -0.4 is 0 Å². The van der Waals surface area contributed by atoms with Crippen LogP contribution in [0.3, 0.4) is 0 Å². The average Bonchev–Trinajstić information content (AvgIpc) is 2.49. The largest absolute Gasteiger partial charge is 0.0622 e. The van der Waals surface area contributed by atoms with E-state index in [1.807, 2.05) is 6.07 Å². The smallest absolute Gasteiger partial charge is 0.0219 e. The number of benzene rings is 2. The minimum atomic E-state index is 0.659. The van der Waals surface area contributed by atoms with Gasteiger partial charge in [0.25, 0.3) is 0 Å². The summed E-state index contributed by atoms with van der Waals surface area (Å²) >= 11 is 0. The quantitative estimate of drug-likeness (QED) is 0.639. The van der Waals surface area contributed by atoms with Crippen molar-refractivity contribution in [3.05, 3.63) is 71.3 Å². The van der Waals surface area contributed by atoms with E-state index in [1.165, 1.54) is 31.2 Å². The van der Waals surface area contributed by atoms with E-state index in [1.54, 1.807) is 11.1 Å². The summed E-state index contributed by atoms with van der Waals surface area (Å²) in [5.74, 6) is 0.659. The van der Waals surface area contributed by atoms with Crippen LogP contribution in [0.25, 0.3) is 0 Å². The van der Waals surface area contributed by atoms with Crippen molar-refractivity contribution in [3.8, 4) is 0 Å². The second-order valence-corrected chi connectivity index (χ2v) is 5.54. The van der Waals surface area contributed by atoms with Crippen LogP contribution in [0.5, 0.6) is 0 Å². The predicted octanol–water partition coefficient (Wildman–Crippen LogP) is 5.38. The normalized spacial score (nSPS) is 13.4. The second kappa shape index (κ2) is 7.13. The Morgan fingerprint density at radius 2 is 1.16 bits per heavy atom. The van der Waals surface area contributed by atoms with Gasteiger partial charge in [0.15, 0.2) is 0 Å². The van der Waals surface area contributed by atoms with Crippen LogP contribution in [-0.2, 0) is 12.8 Å². The summed E-state index contributed by atoms with van der Waals surface area (Å²) in [5.41, 5.74) is 4.57. The Hall–Kier alpha value is -1.56. The Balaban J connectivity index is 0.000000141. The first-order chi connectivity index (χ1) is 9.27. The van der Waals surface area contributed by atoms with Crippen molar-refractivity contribution in [2.75, 3.05) is 0 Å². The molecule has 0 bridgehead atoms. The van der Waals surface area contributed by atoms with E-state index in [4.69, 9.17) is 0 Å². The molecular weight excluding hydrogens is 228 g/mol. The van der Waals surface area contributed by atoms with Gasteiger partial charge < -0.3 is 0 Å². The van der Waals surface area contributed by atoms with Gasteiger partial charge in [-0.05, 0) is 48.3 Å². The molecule has 0 saturated carbocycles. The number of hydrogen-bond acceptors (Lipinski definition) is 0. The van der Waals surface area contributed by atoms with E-state index in [0.29, 0.717) is 5.92 Å². The maximum atomic E-state index is 2.26. The monoisotopic (exact) mass is 252 g/mol. The van der Waals surface area contributed by atoms with E-state index in [9.17, 15) is 0 Å². The van der Waals surface area contributed by atoms with E-state index >= 15 is 0 Å². The van der Waals surface area contributed by atoms with Gasteiger partial charge in [0, 0.05) is 0 Å². The molecule has 100 valence electrons. The highest BCUT2D eigenvalue weighted by atomic mass is 14.1. The predicted molar refractivity (Wildman–Crippen MR) is 83.6 cm³/mol. The third-order valence-electron chi connectivity index (χ3n) is 3.73. The highest BCUT2D eigenvalue weighted by Gasteiger charge is 2.05. The molecule has 2 aromatic rings. The van der Waals surface area contributed by atoms with Gasteiger partial charge in [-0.1, -0.05) is 68.4 Å². The molecule has 0 unspecified atom stereocenters. The lowest BCUT2D eigenvalue weighted by Crippen LogP contribution is -2.00. The molecule has 0 aromatic heterocycles. The third-order valence-corrected chi connectivity index (χ3v) is 3.73. The number of rotatable bonds is 1. The van der Waals surface area contributed by atoms with Crippen molar-refractivity contribution in [3.63, 3.8) is 0 Å². The summed E-state index contributed by atoms with van der Waals surface area (Å²) in [6.45, 7) is 4.41. The number of hydrogen-bond donors (Lipinski definition) is 0. The van der Waals surface area contributed by atoms with Crippen molar-refractivity contribution in [2.24, 2.45) is 0 Å². The van der Waals surface area contributed by atoms with Crippen LogP contribution in [0.1, 0.15) is 49.3 Å². The van der Waals surface area contributed by atoms with Gasteiger partial charge >= 0.3 is 0 Å². The maximum absolute atomic E-state index is 2.26.